The lowest BCUT2D eigenvalue weighted by Gasteiger charge is -2.32. The minimum absolute atomic E-state index is 0.125. The van der Waals surface area contributed by atoms with Crippen molar-refractivity contribution in [1.82, 2.24) is 19.9 Å². The SMILES string of the molecule is FC(F)(F)c1ccnc(N2CCC(Nc3ccncn3)CC2)n1. The zero-order chi connectivity index (χ0) is 16.3. The summed E-state index contributed by atoms with van der Waals surface area (Å²) in [6.45, 7) is 1.17. The van der Waals surface area contributed by atoms with Gasteiger partial charge in [0.05, 0.1) is 0 Å². The molecule has 23 heavy (non-hydrogen) atoms. The van der Waals surface area contributed by atoms with Crippen LogP contribution in [0.3, 0.4) is 0 Å². The summed E-state index contributed by atoms with van der Waals surface area (Å²) in [4.78, 5) is 17.3. The van der Waals surface area contributed by atoms with Crippen LogP contribution in [0, 0.1) is 0 Å². The highest BCUT2D eigenvalue weighted by Crippen LogP contribution is 2.28. The highest BCUT2D eigenvalue weighted by atomic mass is 19.4. The number of alkyl halides is 3. The molecule has 3 rings (SSSR count). The molecule has 0 aromatic carbocycles. The Morgan fingerprint density at radius 2 is 1.87 bits per heavy atom. The van der Waals surface area contributed by atoms with Crippen LogP contribution in [0.5, 0.6) is 0 Å². The minimum Gasteiger partial charge on any atom is -0.367 e. The van der Waals surface area contributed by atoms with Gasteiger partial charge in [-0.05, 0) is 25.0 Å². The van der Waals surface area contributed by atoms with E-state index in [-0.39, 0.29) is 12.0 Å². The molecule has 1 N–H and O–H groups in total. The van der Waals surface area contributed by atoms with Gasteiger partial charge in [-0.2, -0.15) is 13.2 Å². The lowest BCUT2D eigenvalue weighted by Crippen LogP contribution is -2.40. The molecule has 122 valence electrons. The quantitative estimate of drug-likeness (QED) is 0.935. The second-order valence-electron chi connectivity index (χ2n) is 5.24. The Morgan fingerprint density at radius 3 is 2.52 bits per heavy atom. The average Bonchev–Trinajstić information content (AvgIpc) is 2.56. The lowest BCUT2D eigenvalue weighted by atomic mass is 10.1. The van der Waals surface area contributed by atoms with E-state index in [1.54, 1.807) is 17.2 Å². The van der Waals surface area contributed by atoms with Gasteiger partial charge in [0, 0.05) is 31.5 Å². The molecule has 0 amide bonds. The molecular formula is C14H15F3N6. The largest absolute Gasteiger partial charge is 0.433 e. The molecule has 1 aliphatic rings. The first-order chi connectivity index (χ1) is 11.0. The molecule has 2 aromatic rings. The van der Waals surface area contributed by atoms with Crippen LogP contribution in [-0.4, -0.2) is 39.1 Å². The molecule has 2 aromatic heterocycles. The fourth-order valence-electron chi connectivity index (χ4n) is 2.47. The zero-order valence-corrected chi connectivity index (χ0v) is 12.2. The number of hydrogen-bond acceptors (Lipinski definition) is 6. The van der Waals surface area contributed by atoms with Gasteiger partial charge in [-0.15, -0.1) is 0 Å². The molecule has 3 heterocycles. The molecule has 9 heteroatoms. The van der Waals surface area contributed by atoms with Gasteiger partial charge in [-0.25, -0.2) is 19.9 Å². The summed E-state index contributed by atoms with van der Waals surface area (Å²) < 4.78 is 38.1. The van der Waals surface area contributed by atoms with Crippen molar-refractivity contribution in [2.75, 3.05) is 23.3 Å². The summed E-state index contributed by atoms with van der Waals surface area (Å²) in [6, 6.07) is 2.88. The van der Waals surface area contributed by atoms with Crippen LogP contribution in [0.1, 0.15) is 18.5 Å². The van der Waals surface area contributed by atoms with E-state index < -0.39 is 11.9 Å². The Bertz CT molecular complexity index is 640. The van der Waals surface area contributed by atoms with Crippen LogP contribution in [0.2, 0.25) is 0 Å². The number of nitrogens with one attached hydrogen (secondary N) is 1. The first-order valence-electron chi connectivity index (χ1n) is 7.20. The highest BCUT2D eigenvalue weighted by Gasteiger charge is 2.33. The summed E-state index contributed by atoms with van der Waals surface area (Å²) in [6.07, 6.45) is 1.35. The topological polar surface area (TPSA) is 66.8 Å². The number of rotatable bonds is 3. The summed E-state index contributed by atoms with van der Waals surface area (Å²) in [5.41, 5.74) is -0.913. The molecular weight excluding hydrogens is 309 g/mol. The van der Waals surface area contributed by atoms with Gasteiger partial charge in [0.1, 0.15) is 17.8 Å². The maximum atomic E-state index is 12.7. The molecule has 6 nitrogen and oxygen atoms in total. The molecule has 1 aliphatic heterocycles. The molecule has 0 aliphatic carbocycles. The van der Waals surface area contributed by atoms with E-state index in [4.69, 9.17) is 0 Å². The Kier molecular flexibility index (Phi) is 4.26. The normalized spacial score (nSPS) is 16.4. The monoisotopic (exact) mass is 324 g/mol. The van der Waals surface area contributed by atoms with Crippen LogP contribution >= 0.6 is 0 Å². The summed E-state index contributed by atoms with van der Waals surface area (Å²) >= 11 is 0. The first-order valence-corrected chi connectivity index (χ1v) is 7.20. The van der Waals surface area contributed by atoms with Crippen molar-refractivity contribution < 1.29 is 13.2 Å². The van der Waals surface area contributed by atoms with Crippen molar-refractivity contribution in [3.63, 3.8) is 0 Å². The maximum absolute atomic E-state index is 12.7. The molecule has 0 atom stereocenters. The molecule has 0 unspecified atom stereocenters. The van der Waals surface area contributed by atoms with E-state index in [0.717, 1.165) is 30.9 Å². The fourth-order valence-corrected chi connectivity index (χ4v) is 2.47. The van der Waals surface area contributed by atoms with Gasteiger partial charge in [-0.3, -0.25) is 0 Å². The number of halogens is 3. The first kappa shape index (κ1) is 15.4. The molecule has 0 spiro atoms. The molecule has 1 fully saturated rings. The van der Waals surface area contributed by atoms with Crippen LogP contribution in [0.4, 0.5) is 24.9 Å². The van der Waals surface area contributed by atoms with Gasteiger partial charge in [0.25, 0.3) is 0 Å². The Balaban J connectivity index is 1.61. The summed E-state index contributed by atoms with van der Waals surface area (Å²) in [7, 11) is 0. The Labute approximate surface area is 130 Å². The third-order valence-corrected chi connectivity index (χ3v) is 3.65. The van der Waals surface area contributed by atoms with Gasteiger partial charge in [-0.1, -0.05) is 0 Å². The van der Waals surface area contributed by atoms with Gasteiger partial charge < -0.3 is 10.2 Å². The van der Waals surface area contributed by atoms with Gasteiger partial charge >= 0.3 is 6.18 Å². The van der Waals surface area contributed by atoms with Crippen molar-refractivity contribution in [3.8, 4) is 0 Å². The third-order valence-electron chi connectivity index (χ3n) is 3.65. The zero-order valence-electron chi connectivity index (χ0n) is 12.2. The third kappa shape index (κ3) is 3.85. The molecule has 0 saturated carbocycles. The summed E-state index contributed by atoms with van der Waals surface area (Å²) in [5, 5.41) is 3.29. The van der Waals surface area contributed by atoms with E-state index in [2.05, 4.69) is 25.3 Å². The van der Waals surface area contributed by atoms with Gasteiger partial charge in [0.2, 0.25) is 5.95 Å². The van der Waals surface area contributed by atoms with Crippen molar-refractivity contribution >= 4 is 11.8 Å². The van der Waals surface area contributed by atoms with E-state index in [0.29, 0.717) is 13.1 Å². The van der Waals surface area contributed by atoms with Crippen LogP contribution in [0.25, 0.3) is 0 Å². The second kappa shape index (κ2) is 6.35. The number of aromatic nitrogens is 4. The molecule has 0 radical (unpaired) electrons. The standard InChI is InChI=1S/C14H15F3N6/c15-14(16,17)11-1-6-19-13(22-11)23-7-3-10(4-8-23)21-12-2-5-18-9-20-12/h1-2,5-6,9-10H,3-4,7-8H2,(H,18,20,21). The van der Waals surface area contributed by atoms with Crippen molar-refractivity contribution in [2.24, 2.45) is 0 Å². The van der Waals surface area contributed by atoms with E-state index >= 15 is 0 Å². The van der Waals surface area contributed by atoms with Crippen molar-refractivity contribution in [1.29, 1.82) is 0 Å². The van der Waals surface area contributed by atoms with Crippen molar-refractivity contribution in [2.45, 2.75) is 25.1 Å². The molecule has 1 saturated heterocycles. The number of hydrogen-bond donors (Lipinski definition) is 1. The van der Waals surface area contributed by atoms with Crippen LogP contribution < -0.4 is 10.2 Å². The van der Waals surface area contributed by atoms with E-state index in [1.165, 1.54) is 6.33 Å². The second-order valence-corrected chi connectivity index (χ2v) is 5.24. The number of nitrogens with zero attached hydrogens (tertiary/aromatic N) is 5. The molecule has 0 bridgehead atoms. The maximum Gasteiger partial charge on any atom is 0.433 e. The predicted octanol–water partition coefficient (Wildman–Crippen LogP) is 2.37. The highest BCUT2D eigenvalue weighted by molar-refractivity contribution is 5.36. The van der Waals surface area contributed by atoms with Crippen molar-refractivity contribution in [3.05, 3.63) is 36.5 Å². The average molecular weight is 324 g/mol. The smallest absolute Gasteiger partial charge is 0.367 e. The Hall–Kier alpha value is -2.45. The fraction of sp³-hybridized carbons (Fsp3) is 0.429. The van der Waals surface area contributed by atoms with Gasteiger partial charge in [0.15, 0.2) is 0 Å². The summed E-state index contributed by atoms with van der Waals surface area (Å²) in [5.74, 6) is 0.870. The number of anilines is 2. The lowest BCUT2D eigenvalue weighted by molar-refractivity contribution is -0.141. The van der Waals surface area contributed by atoms with Crippen LogP contribution in [-0.2, 0) is 6.18 Å². The minimum atomic E-state index is -4.45. The Morgan fingerprint density at radius 1 is 1.09 bits per heavy atom. The van der Waals surface area contributed by atoms with Crippen LogP contribution in [0.15, 0.2) is 30.9 Å². The predicted molar refractivity (Wildman–Crippen MR) is 77.9 cm³/mol. The van der Waals surface area contributed by atoms with E-state index in [1.807, 2.05) is 0 Å². The number of piperidine rings is 1. The van der Waals surface area contributed by atoms with E-state index in [9.17, 15) is 13.2 Å².